The average Bonchev–Trinajstić information content (AvgIpc) is 2.86. The summed E-state index contributed by atoms with van der Waals surface area (Å²) in [5.74, 6) is 4.74. The molecule has 1 aromatic heterocycles. The van der Waals surface area contributed by atoms with E-state index in [-0.39, 0.29) is 5.91 Å². The second kappa shape index (κ2) is 6.60. The van der Waals surface area contributed by atoms with Crippen LogP contribution in [-0.2, 0) is 13.1 Å². The first kappa shape index (κ1) is 14.6. The molecule has 106 valence electrons. The highest BCUT2D eigenvalue weighted by atomic mass is 32.1. The van der Waals surface area contributed by atoms with Crippen LogP contribution in [0.2, 0.25) is 0 Å². The van der Waals surface area contributed by atoms with Crippen LogP contribution >= 0.6 is 11.3 Å². The number of aryl methyl sites for hydroxylation is 1. The second-order valence-electron chi connectivity index (χ2n) is 4.78. The molecule has 2 aromatic rings. The molecule has 0 unspecified atom stereocenters. The van der Waals surface area contributed by atoms with Gasteiger partial charge in [0.05, 0.1) is 5.69 Å². The third kappa shape index (κ3) is 3.86. The van der Waals surface area contributed by atoms with Crippen molar-refractivity contribution in [2.75, 3.05) is 7.05 Å². The molecule has 0 aliphatic rings. The lowest BCUT2D eigenvalue weighted by molar-refractivity contribution is 0.0953. The molecule has 2 rings (SSSR count). The normalized spacial score (nSPS) is 10.8. The summed E-state index contributed by atoms with van der Waals surface area (Å²) in [4.78, 5) is 17.8. The molecular formula is C14H18N4OS. The maximum absolute atomic E-state index is 11.3. The fourth-order valence-electron chi connectivity index (χ4n) is 2.00. The number of nitrogens with two attached hydrogens (primary N) is 1. The van der Waals surface area contributed by atoms with Gasteiger partial charge in [-0.15, -0.1) is 11.3 Å². The quantitative estimate of drug-likeness (QED) is 0.499. The molecule has 1 heterocycles. The van der Waals surface area contributed by atoms with Crippen LogP contribution in [0.3, 0.4) is 0 Å². The summed E-state index contributed by atoms with van der Waals surface area (Å²) in [5, 5.41) is 2.28. The van der Waals surface area contributed by atoms with Gasteiger partial charge in [0.25, 0.3) is 5.91 Å². The number of hydrogen-bond donors (Lipinski definition) is 2. The highest BCUT2D eigenvalue weighted by Gasteiger charge is 2.11. The summed E-state index contributed by atoms with van der Waals surface area (Å²) >= 11 is 1.30. The van der Waals surface area contributed by atoms with Gasteiger partial charge in [-0.25, -0.2) is 10.8 Å². The second-order valence-corrected chi connectivity index (χ2v) is 5.64. The molecule has 20 heavy (non-hydrogen) atoms. The Hall–Kier alpha value is -1.76. The maximum Gasteiger partial charge on any atom is 0.294 e. The van der Waals surface area contributed by atoms with Crippen molar-refractivity contribution in [3.8, 4) is 0 Å². The van der Waals surface area contributed by atoms with Crippen LogP contribution < -0.4 is 11.3 Å². The molecule has 1 aromatic carbocycles. The first-order chi connectivity index (χ1) is 9.58. The molecule has 0 aliphatic carbocycles. The summed E-state index contributed by atoms with van der Waals surface area (Å²) < 4.78 is 0. The van der Waals surface area contributed by atoms with E-state index in [1.807, 2.05) is 12.4 Å². The molecule has 5 nitrogen and oxygen atoms in total. The zero-order valence-corrected chi connectivity index (χ0v) is 12.4. The number of nitrogens with one attached hydrogen (secondary N) is 1. The molecule has 0 fully saturated rings. The average molecular weight is 290 g/mol. The van der Waals surface area contributed by atoms with Gasteiger partial charge in [0.15, 0.2) is 5.01 Å². The maximum atomic E-state index is 11.3. The van der Waals surface area contributed by atoms with E-state index >= 15 is 0 Å². The predicted molar refractivity (Wildman–Crippen MR) is 80.1 cm³/mol. The van der Waals surface area contributed by atoms with Gasteiger partial charge in [-0.05, 0) is 19.5 Å². The van der Waals surface area contributed by atoms with Gasteiger partial charge in [0, 0.05) is 18.5 Å². The first-order valence-corrected chi connectivity index (χ1v) is 7.16. The number of hydrazine groups is 1. The molecule has 6 heteroatoms. The van der Waals surface area contributed by atoms with E-state index in [1.165, 1.54) is 22.5 Å². The van der Waals surface area contributed by atoms with Crippen LogP contribution in [0.1, 0.15) is 26.6 Å². The van der Waals surface area contributed by atoms with E-state index in [0.717, 1.165) is 12.2 Å². The Balaban J connectivity index is 1.96. The van der Waals surface area contributed by atoms with Crippen molar-refractivity contribution in [3.05, 3.63) is 51.5 Å². The highest BCUT2D eigenvalue weighted by molar-refractivity contribution is 7.11. The minimum absolute atomic E-state index is 0.345. The van der Waals surface area contributed by atoms with E-state index in [4.69, 9.17) is 5.84 Å². The van der Waals surface area contributed by atoms with Crippen molar-refractivity contribution in [3.63, 3.8) is 0 Å². The van der Waals surface area contributed by atoms with Crippen LogP contribution in [0.4, 0.5) is 0 Å². The molecule has 0 saturated heterocycles. The van der Waals surface area contributed by atoms with Crippen LogP contribution in [0.5, 0.6) is 0 Å². The minimum Gasteiger partial charge on any atom is -0.296 e. The Morgan fingerprint density at radius 3 is 2.95 bits per heavy atom. The summed E-state index contributed by atoms with van der Waals surface area (Å²) in [6, 6.07) is 8.43. The monoisotopic (exact) mass is 290 g/mol. The van der Waals surface area contributed by atoms with Crippen LogP contribution in [0.25, 0.3) is 0 Å². The summed E-state index contributed by atoms with van der Waals surface area (Å²) in [6.45, 7) is 3.63. The van der Waals surface area contributed by atoms with Gasteiger partial charge < -0.3 is 0 Å². The van der Waals surface area contributed by atoms with Crippen molar-refractivity contribution in [1.29, 1.82) is 0 Å². The van der Waals surface area contributed by atoms with E-state index in [1.54, 1.807) is 0 Å². The van der Waals surface area contributed by atoms with E-state index in [2.05, 4.69) is 46.5 Å². The van der Waals surface area contributed by atoms with Gasteiger partial charge in [-0.2, -0.15) is 0 Å². The van der Waals surface area contributed by atoms with Crippen molar-refractivity contribution >= 4 is 17.2 Å². The van der Waals surface area contributed by atoms with Gasteiger partial charge in [0.2, 0.25) is 0 Å². The van der Waals surface area contributed by atoms with Crippen LogP contribution in [0.15, 0.2) is 29.6 Å². The Kier molecular flexibility index (Phi) is 4.84. The molecule has 0 atom stereocenters. The minimum atomic E-state index is -0.345. The van der Waals surface area contributed by atoms with Crippen LogP contribution in [0, 0.1) is 6.92 Å². The number of nitrogens with zero attached hydrogens (tertiary/aromatic N) is 2. The third-order valence-corrected chi connectivity index (χ3v) is 3.73. The zero-order valence-electron chi connectivity index (χ0n) is 11.6. The molecule has 0 bridgehead atoms. The van der Waals surface area contributed by atoms with Gasteiger partial charge in [-0.3, -0.25) is 15.1 Å². The number of thiazole rings is 1. The Bertz CT molecular complexity index is 596. The number of benzene rings is 1. The first-order valence-electron chi connectivity index (χ1n) is 6.28. The van der Waals surface area contributed by atoms with Gasteiger partial charge >= 0.3 is 0 Å². The SMILES string of the molecule is Cc1cccc(CN(C)Cc2csc(C(=O)NN)n2)c1. The number of carbonyl (C=O) groups excluding carboxylic acids is 1. The number of hydrogen-bond acceptors (Lipinski definition) is 5. The van der Waals surface area contributed by atoms with Crippen molar-refractivity contribution < 1.29 is 4.79 Å². The van der Waals surface area contributed by atoms with Crippen molar-refractivity contribution in [1.82, 2.24) is 15.3 Å². The van der Waals surface area contributed by atoms with Gasteiger partial charge in [0.1, 0.15) is 0 Å². The lowest BCUT2D eigenvalue weighted by Gasteiger charge is -2.15. The third-order valence-electron chi connectivity index (χ3n) is 2.84. The Morgan fingerprint density at radius 1 is 1.45 bits per heavy atom. The number of rotatable bonds is 5. The van der Waals surface area contributed by atoms with Crippen LogP contribution in [-0.4, -0.2) is 22.8 Å². The summed E-state index contributed by atoms with van der Waals surface area (Å²) in [7, 11) is 2.03. The topological polar surface area (TPSA) is 71.2 Å². The smallest absolute Gasteiger partial charge is 0.294 e. The number of amides is 1. The van der Waals surface area contributed by atoms with Crippen molar-refractivity contribution in [2.24, 2.45) is 5.84 Å². The lowest BCUT2D eigenvalue weighted by Crippen LogP contribution is -2.29. The molecular weight excluding hydrogens is 272 g/mol. The summed E-state index contributed by atoms with van der Waals surface area (Å²) in [6.07, 6.45) is 0. The molecule has 0 radical (unpaired) electrons. The van der Waals surface area contributed by atoms with E-state index < -0.39 is 0 Å². The number of nitrogen functional groups attached to an aromatic ring is 1. The fourth-order valence-corrected chi connectivity index (χ4v) is 2.71. The Morgan fingerprint density at radius 2 is 2.25 bits per heavy atom. The zero-order chi connectivity index (χ0) is 14.5. The lowest BCUT2D eigenvalue weighted by atomic mass is 10.1. The predicted octanol–water partition coefficient (Wildman–Crippen LogP) is 1.69. The largest absolute Gasteiger partial charge is 0.296 e. The molecule has 0 saturated carbocycles. The summed E-state index contributed by atoms with van der Waals surface area (Å²) in [5.41, 5.74) is 5.49. The van der Waals surface area contributed by atoms with E-state index in [9.17, 15) is 4.79 Å². The fraction of sp³-hybridized carbons (Fsp3) is 0.286. The highest BCUT2D eigenvalue weighted by Crippen LogP contribution is 2.13. The molecule has 0 spiro atoms. The standard InChI is InChI=1S/C14H18N4OS/c1-10-4-3-5-11(6-10)7-18(2)8-12-9-20-14(16-12)13(19)17-15/h3-6,9H,7-8,15H2,1-2H3,(H,17,19). The molecule has 1 amide bonds. The van der Waals surface area contributed by atoms with Gasteiger partial charge in [-0.1, -0.05) is 29.8 Å². The number of aromatic nitrogens is 1. The Labute approximate surface area is 122 Å². The number of carbonyl (C=O) groups is 1. The van der Waals surface area contributed by atoms with Crippen molar-refractivity contribution in [2.45, 2.75) is 20.0 Å². The molecule has 3 N–H and O–H groups in total. The molecule has 0 aliphatic heterocycles. The van der Waals surface area contributed by atoms with E-state index in [0.29, 0.717) is 11.6 Å².